The molecule has 0 bridgehead atoms. The fourth-order valence-corrected chi connectivity index (χ4v) is 3.18. The summed E-state index contributed by atoms with van der Waals surface area (Å²) < 4.78 is 5.19. The fraction of sp³-hybridized carbons (Fsp3) is 0.625. The molecule has 3 heterocycles. The maximum Gasteiger partial charge on any atom is 0.228 e. The lowest BCUT2D eigenvalue weighted by Crippen LogP contribution is -2.51. The zero-order valence-electron chi connectivity index (χ0n) is 14.4. The highest BCUT2D eigenvalue weighted by Crippen LogP contribution is 2.21. The van der Waals surface area contributed by atoms with Crippen molar-refractivity contribution in [1.82, 2.24) is 19.8 Å². The fourth-order valence-electron chi connectivity index (χ4n) is 3.18. The topological polar surface area (TPSA) is 78.9 Å². The van der Waals surface area contributed by atoms with Gasteiger partial charge >= 0.3 is 0 Å². The first kappa shape index (κ1) is 16.5. The van der Waals surface area contributed by atoms with Crippen molar-refractivity contribution in [3.05, 3.63) is 11.8 Å². The highest BCUT2D eigenvalue weighted by molar-refractivity contribution is 5.89. The number of likely N-dealkylation sites (tertiary alicyclic amines) is 1. The molecular weight excluding hydrogens is 310 g/mol. The summed E-state index contributed by atoms with van der Waals surface area (Å²) in [6, 6.07) is 1.79. The molecule has 2 aliphatic rings. The van der Waals surface area contributed by atoms with Crippen molar-refractivity contribution in [3.8, 4) is 5.88 Å². The minimum atomic E-state index is -0.204. The molecule has 3 rings (SSSR count). The molecule has 8 heteroatoms. The lowest BCUT2D eigenvalue weighted by atomic mass is 10.1. The summed E-state index contributed by atoms with van der Waals surface area (Å²) >= 11 is 0. The van der Waals surface area contributed by atoms with Gasteiger partial charge in [-0.15, -0.1) is 0 Å². The molecule has 0 aromatic carbocycles. The minimum absolute atomic E-state index is 0.0484. The Bertz CT molecular complexity index is 643. The summed E-state index contributed by atoms with van der Waals surface area (Å²) in [6.07, 6.45) is 0.327. The Morgan fingerprint density at radius 3 is 2.54 bits per heavy atom. The van der Waals surface area contributed by atoms with Crippen molar-refractivity contribution in [3.63, 3.8) is 0 Å². The van der Waals surface area contributed by atoms with E-state index < -0.39 is 0 Å². The SMILES string of the molecule is COc1cc(C)nc(N2CCN(C(=O)[C@H]3CC(=O)N(C)C3)CC2)n1. The first-order valence-electron chi connectivity index (χ1n) is 8.15. The number of rotatable bonds is 3. The summed E-state index contributed by atoms with van der Waals surface area (Å²) in [5.41, 5.74) is 0.850. The number of ether oxygens (including phenoxy) is 1. The Hall–Kier alpha value is -2.38. The van der Waals surface area contributed by atoms with E-state index in [4.69, 9.17) is 4.74 Å². The third kappa shape index (κ3) is 3.27. The number of anilines is 1. The van der Waals surface area contributed by atoms with E-state index >= 15 is 0 Å². The van der Waals surface area contributed by atoms with Gasteiger partial charge in [-0.2, -0.15) is 4.98 Å². The molecule has 1 atom stereocenters. The Morgan fingerprint density at radius 2 is 1.96 bits per heavy atom. The smallest absolute Gasteiger partial charge is 0.228 e. The summed E-state index contributed by atoms with van der Waals surface area (Å²) in [4.78, 5) is 38.6. The number of methoxy groups -OCH3 is 1. The molecule has 0 radical (unpaired) electrons. The molecule has 1 aromatic heterocycles. The number of carbonyl (C=O) groups is 2. The van der Waals surface area contributed by atoms with Crippen molar-refractivity contribution in [1.29, 1.82) is 0 Å². The molecule has 2 aliphatic heterocycles. The second kappa shape index (κ2) is 6.62. The van der Waals surface area contributed by atoms with Gasteiger partial charge in [-0.25, -0.2) is 4.98 Å². The molecule has 0 N–H and O–H groups in total. The van der Waals surface area contributed by atoms with E-state index in [-0.39, 0.29) is 17.7 Å². The average Bonchev–Trinajstić information content (AvgIpc) is 2.93. The van der Waals surface area contributed by atoms with Gasteiger partial charge in [-0.1, -0.05) is 0 Å². The standard InChI is InChI=1S/C16H23N5O3/c1-11-8-13(24-3)18-16(17-11)21-6-4-20(5-7-21)15(23)12-9-14(22)19(2)10-12/h8,12H,4-7,9-10H2,1-3H3/t12-/m0/s1. The van der Waals surface area contributed by atoms with Crippen LogP contribution in [0.4, 0.5) is 5.95 Å². The average molecular weight is 333 g/mol. The third-order valence-electron chi connectivity index (χ3n) is 4.59. The van der Waals surface area contributed by atoms with Crippen molar-refractivity contribution >= 4 is 17.8 Å². The van der Waals surface area contributed by atoms with Crippen LogP contribution in [0.5, 0.6) is 5.88 Å². The van der Waals surface area contributed by atoms with Gasteiger partial charge in [0, 0.05) is 58.0 Å². The third-order valence-corrected chi connectivity index (χ3v) is 4.59. The molecule has 0 saturated carbocycles. The quantitative estimate of drug-likeness (QED) is 0.770. The predicted octanol–water partition coefficient (Wildman–Crippen LogP) is -0.0795. The number of aryl methyl sites for hydroxylation is 1. The molecule has 24 heavy (non-hydrogen) atoms. The molecule has 2 amide bonds. The highest BCUT2D eigenvalue weighted by Gasteiger charge is 2.35. The first-order chi connectivity index (χ1) is 11.5. The van der Waals surface area contributed by atoms with Crippen molar-refractivity contribution in [2.45, 2.75) is 13.3 Å². The summed E-state index contributed by atoms with van der Waals surface area (Å²) in [5, 5.41) is 0. The van der Waals surface area contributed by atoms with Crippen LogP contribution >= 0.6 is 0 Å². The molecule has 0 spiro atoms. The number of amides is 2. The predicted molar refractivity (Wildman–Crippen MR) is 87.9 cm³/mol. The van der Waals surface area contributed by atoms with Crippen molar-refractivity contribution < 1.29 is 14.3 Å². The Kier molecular flexibility index (Phi) is 4.55. The van der Waals surface area contributed by atoms with E-state index in [1.165, 1.54) is 0 Å². The van der Waals surface area contributed by atoms with Crippen LogP contribution in [-0.4, -0.2) is 78.5 Å². The highest BCUT2D eigenvalue weighted by atomic mass is 16.5. The van der Waals surface area contributed by atoms with E-state index in [0.717, 1.165) is 5.69 Å². The molecule has 2 saturated heterocycles. The summed E-state index contributed by atoms with van der Waals surface area (Å²) in [6.45, 7) is 5.01. The van der Waals surface area contributed by atoms with Gasteiger partial charge in [-0.05, 0) is 6.92 Å². The monoisotopic (exact) mass is 333 g/mol. The van der Waals surface area contributed by atoms with Crippen molar-refractivity contribution in [2.75, 3.05) is 51.8 Å². The van der Waals surface area contributed by atoms with E-state index in [2.05, 4.69) is 14.9 Å². The largest absolute Gasteiger partial charge is 0.481 e. The number of nitrogens with zero attached hydrogens (tertiary/aromatic N) is 5. The van der Waals surface area contributed by atoms with Gasteiger partial charge in [0.2, 0.25) is 23.6 Å². The van der Waals surface area contributed by atoms with Crippen LogP contribution in [0.1, 0.15) is 12.1 Å². The van der Waals surface area contributed by atoms with Gasteiger partial charge in [0.15, 0.2) is 0 Å². The molecule has 2 fully saturated rings. The lowest BCUT2D eigenvalue weighted by molar-refractivity contribution is -0.136. The summed E-state index contributed by atoms with van der Waals surface area (Å²) in [5.74, 6) is 1.10. The van der Waals surface area contributed by atoms with E-state index in [0.29, 0.717) is 51.0 Å². The van der Waals surface area contributed by atoms with Gasteiger partial charge in [-0.3, -0.25) is 9.59 Å². The van der Waals surface area contributed by atoms with Crippen LogP contribution in [-0.2, 0) is 9.59 Å². The second-order valence-corrected chi connectivity index (χ2v) is 6.34. The number of piperazine rings is 1. The zero-order valence-corrected chi connectivity index (χ0v) is 14.4. The maximum atomic E-state index is 12.6. The van der Waals surface area contributed by atoms with Crippen LogP contribution in [0.15, 0.2) is 6.07 Å². The van der Waals surface area contributed by atoms with Crippen LogP contribution < -0.4 is 9.64 Å². The van der Waals surface area contributed by atoms with E-state index in [9.17, 15) is 9.59 Å². The molecule has 130 valence electrons. The van der Waals surface area contributed by atoms with Gasteiger partial charge < -0.3 is 19.4 Å². The molecule has 0 aliphatic carbocycles. The Morgan fingerprint density at radius 1 is 1.25 bits per heavy atom. The Labute approximate surface area is 141 Å². The summed E-state index contributed by atoms with van der Waals surface area (Å²) in [7, 11) is 3.33. The number of hydrogen-bond acceptors (Lipinski definition) is 6. The van der Waals surface area contributed by atoms with Crippen LogP contribution in [0, 0.1) is 12.8 Å². The second-order valence-electron chi connectivity index (χ2n) is 6.34. The molecular formula is C16H23N5O3. The van der Waals surface area contributed by atoms with E-state index in [1.54, 1.807) is 25.1 Å². The lowest BCUT2D eigenvalue weighted by Gasteiger charge is -2.36. The van der Waals surface area contributed by atoms with Gasteiger partial charge in [0.1, 0.15) is 0 Å². The zero-order chi connectivity index (χ0) is 17.3. The van der Waals surface area contributed by atoms with Crippen LogP contribution in [0.3, 0.4) is 0 Å². The van der Waals surface area contributed by atoms with E-state index in [1.807, 2.05) is 11.8 Å². The molecule has 0 unspecified atom stereocenters. The van der Waals surface area contributed by atoms with Crippen molar-refractivity contribution in [2.24, 2.45) is 5.92 Å². The van der Waals surface area contributed by atoms with Gasteiger partial charge in [0.05, 0.1) is 13.0 Å². The molecule has 8 nitrogen and oxygen atoms in total. The normalized spacial score (nSPS) is 21.4. The number of aromatic nitrogens is 2. The van der Waals surface area contributed by atoms with Crippen LogP contribution in [0.25, 0.3) is 0 Å². The Balaban J connectivity index is 1.61. The number of hydrogen-bond donors (Lipinski definition) is 0. The number of carbonyl (C=O) groups excluding carboxylic acids is 2. The van der Waals surface area contributed by atoms with Gasteiger partial charge in [0.25, 0.3) is 0 Å². The minimum Gasteiger partial charge on any atom is -0.481 e. The first-order valence-corrected chi connectivity index (χ1v) is 8.15. The maximum absolute atomic E-state index is 12.6. The molecule has 1 aromatic rings. The van der Waals surface area contributed by atoms with Crippen LogP contribution in [0.2, 0.25) is 0 Å².